The van der Waals surface area contributed by atoms with E-state index in [2.05, 4.69) is 11.3 Å². The number of halogens is 17. The van der Waals surface area contributed by atoms with Crippen molar-refractivity contribution in [2.24, 2.45) is 0 Å². The number of esters is 1. The van der Waals surface area contributed by atoms with Crippen LogP contribution in [0, 0.1) is 0 Å². The summed E-state index contributed by atoms with van der Waals surface area (Å²) in [6.45, 7) is 0.723. The third-order valence-corrected chi connectivity index (χ3v) is 6.19. The number of unbranched alkanes of at least 4 members (excludes halogenated alkanes) is 1. The molecule has 39 heavy (non-hydrogen) atoms. The molecule has 1 atom stereocenters. The molecule has 0 aromatic heterocycles. The summed E-state index contributed by atoms with van der Waals surface area (Å²) in [4.78, 5) is 10.9. The third-order valence-electron chi connectivity index (χ3n) is 4.66. The van der Waals surface area contributed by atoms with Crippen molar-refractivity contribution in [3.63, 3.8) is 0 Å². The molecule has 0 spiro atoms. The lowest BCUT2D eigenvalue weighted by molar-refractivity contribution is -0.458. The minimum absolute atomic E-state index is 0.0366. The van der Waals surface area contributed by atoms with E-state index in [1.165, 1.54) is 6.92 Å². The van der Waals surface area contributed by atoms with Gasteiger partial charge in [-0.25, -0.2) is 13.3 Å². The van der Waals surface area contributed by atoms with E-state index in [1.807, 2.05) is 0 Å². The molecule has 0 heterocycles. The summed E-state index contributed by atoms with van der Waals surface area (Å²) in [5.41, 5.74) is 0. The summed E-state index contributed by atoms with van der Waals surface area (Å²) < 4.78 is 243. The molecule has 0 aliphatic rings. The van der Waals surface area contributed by atoms with Gasteiger partial charge in [0.2, 0.25) is 0 Å². The van der Waals surface area contributed by atoms with Crippen molar-refractivity contribution in [1.82, 2.24) is 4.31 Å². The molecule has 0 aromatic carbocycles. The lowest BCUT2D eigenvalue weighted by Crippen LogP contribution is -2.75. The van der Waals surface area contributed by atoms with Crippen molar-refractivity contribution < 1.29 is 88.4 Å². The van der Waals surface area contributed by atoms with Crippen molar-refractivity contribution in [1.29, 1.82) is 0 Å². The first-order valence-electron chi connectivity index (χ1n) is 9.75. The van der Waals surface area contributed by atoms with Gasteiger partial charge in [0.15, 0.2) is 11.0 Å². The molecule has 232 valence electrons. The van der Waals surface area contributed by atoms with Crippen LogP contribution in [0.2, 0.25) is 0 Å². The normalized spacial score (nSPS) is 15.9. The second-order valence-electron chi connectivity index (χ2n) is 7.36. The van der Waals surface area contributed by atoms with Crippen molar-refractivity contribution >= 4 is 17.0 Å². The van der Waals surface area contributed by atoms with Crippen molar-refractivity contribution in [3.8, 4) is 0 Å². The molecule has 0 bridgehead atoms. The number of ether oxygens (including phenoxy) is 1. The van der Waals surface area contributed by atoms with Crippen molar-refractivity contribution in [2.45, 2.75) is 66.7 Å². The standard InChI is InChI=1S/C17H16F17NO3S/c1-3-5-6-35(7-8-38-9(36)4-2)39(37)17(33,34)15(28,29)13(24,25)11(20,21)10(18,19)12(22,23)14(26,27)16(30,31)32/h4H,2-3,5-8H2,1H3. The van der Waals surface area contributed by atoms with Crippen LogP contribution in [0.4, 0.5) is 74.6 Å². The molecule has 1 unspecified atom stereocenters. The molecule has 0 rings (SSSR count). The van der Waals surface area contributed by atoms with Gasteiger partial charge in [-0.05, 0) is 6.42 Å². The van der Waals surface area contributed by atoms with E-state index in [0.717, 1.165) is 0 Å². The maximum absolute atomic E-state index is 14.3. The molecule has 22 heteroatoms. The van der Waals surface area contributed by atoms with E-state index in [4.69, 9.17) is 0 Å². The molecule has 0 saturated heterocycles. The predicted molar refractivity (Wildman–Crippen MR) is 96.5 cm³/mol. The summed E-state index contributed by atoms with van der Waals surface area (Å²) in [6.07, 6.45) is -7.80. The molecule has 0 saturated carbocycles. The summed E-state index contributed by atoms with van der Waals surface area (Å²) in [6, 6.07) is 0. The Labute approximate surface area is 209 Å². The van der Waals surface area contributed by atoms with Crippen LogP contribution in [0.25, 0.3) is 0 Å². The number of alkyl halides is 17. The van der Waals surface area contributed by atoms with E-state index >= 15 is 0 Å². The van der Waals surface area contributed by atoms with Crippen LogP contribution in [0.3, 0.4) is 0 Å². The molecule has 4 nitrogen and oxygen atoms in total. The number of hydrogen-bond donors (Lipinski definition) is 0. The lowest BCUT2D eigenvalue weighted by Gasteiger charge is -2.43. The van der Waals surface area contributed by atoms with Gasteiger partial charge in [-0.3, -0.25) is 0 Å². The average molecular weight is 637 g/mol. The fourth-order valence-corrected chi connectivity index (χ4v) is 3.55. The summed E-state index contributed by atoms with van der Waals surface area (Å²) >= 11 is 0. The fourth-order valence-electron chi connectivity index (χ4n) is 2.34. The number of nitrogens with zero attached hydrogens (tertiary/aromatic N) is 1. The largest absolute Gasteiger partial charge is 0.461 e. The van der Waals surface area contributed by atoms with Gasteiger partial charge in [0, 0.05) is 19.2 Å². The zero-order chi connectivity index (χ0) is 31.7. The monoisotopic (exact) mass is 637 g/mol. The van der Waals surface area contributed by atoms with Gasteiger partial charge in [-0.1, -0.05) is 19.9 Å². The number of rotatable bonds is 15. The first-order chi connectivity index (χ1) is 17.1. The summed E-state index contributed by atoms with van der Waals surface area (Å²) in [5.74, 6) is -52.4. The molecule has 0 aliphatic carbocycles. The average Bonchev–Trinajstić information content (AvgIpc) is 2.78. The Bertz CT molecular complexity index is 903. The van der Waals surface area contributed by atoms with E-state index < -0.39 is 87.9 Å². The number of carbonyl (C=O) groups is 1. The highest BCUT2D eigenvalue weighted by molar-refractivity contribution is 7.83. The first kappa shape index (κ1) is 37.1. The van der Waals surface area contributed by atoms with Crippen LogP contribution in [-0.2, 0) is 20.5 Å². The maximum Gasteiger partial charge on any atom is 0.460 e. The lowest BCUT2D eigenvalue weighted by atomic mass is 9.91. The minimum atomic E-state index is -8.77. The molecule has 0 N–H and O–H groups in total. The van der Waals surface area contributed by atoms with Crippen LogP contribution in [0.5, 0.6) is 0 Å². The Morgan fingerprint density at radius 2 is 1.10 bits per heavy atom. The van der Waals surface area contributed by atoms with Crippen LogP contribution in [0.1, 0.15) is 19.8 Å². The summed E-state index contributed by atoms with van der Waals surface area (Å²) in [5, 5.41) is -7.10. The van der Waals surface area contributed by atoms with Gasteiger partial charge >= 0.3 is 52.9 Å². The molecular weight excluding hydrogens is 621 g/mol. The minimum Gasteiger partial charge on any atom is -0.461 e. The van der Waals surface area contributed by atoms with E-state index in [-0.39, 0.29) is 12.8 Å². The van der Waals surface area contributed by atoms with Crippen LogP contribution in [0.15, 0.2) is 12.7 Å². The Balaban J connectivity index is 6.68. The SMILES string of the molecule is C=CC(=O)OCCN(CCCC)S(=O)C(F)(F)C(F)(F)C(F)(F)C(F)(F)C(F)(F)C(F)(F)C(F)(F)C(F)(F)F. The van der Waals surface area contributed by atoms with E-state index in [0.29, 0.717) is 6.08 Å². The molecule has 0 fully saturated rings. The van der Waals surface area contributed by atoms with Gasteiger partial charge in [0.05, 0.1) is 0 Å². The van der Waals surface area contributed by atoms with Crippen molar-refractivity contribution in [3.05, 3.63) is 12.7 Å². The molecule has 0 radical (unpaired) electrons. The second-order valence-corrected chi connectivity index (χ2v) is 8.89. The van der Waals surface area contributed by atoms with E-state index in [9.17, 15) is 83.6 Å². The molecule has 0 aromatic rings. The van der Waals surface area contributed by atoms with Gasteiger partial charge < -0.3 is 4.74 Å². The maximum atomic E-state index is 14.3. The zero-order valence-corrected chi connectivity index (χ0v) is 19.6. The Morgan fingerprint density at radius 1 is 0.718 bits per heavy atom. The third kappa shape index (κ3) is 6.09. The topological polar surface area (TPSA) is 46.6 Å². The van der Waals surface area contributed by atoms with Crippen LogP contribution < -0.4 is 0 Å². The van der Waals surface area contributed by atoms with Crippen molar-refractivity contribution in [2.75, 3.05) is 19.7 Å². The highest BCUT2D eigenvalue weighted by Crippen LogP contribution is 2.64. The number of hydrogen-bond acceptors (Lipinski definition) is 3. The van der Waals surface area contributed by atoms with Crippen LogP contribution >= 0.6 is 0 Å². The van der Waals surface area contributed by atoms with Gasteiger partial charge in [-0.2, -0.15) is 74.6 Å². The Morgan fingerprint density at radius 3 is 1.46 bits per heavy atom. The van der Waals surface area contributed by atoms with Gasteiger partial charge in [-0.15, -0.1) is 0 Å². The van der Waals surface area contributed by atoms with Crippen LogP contribution in [-0.4, -0.2) is 81.1 Å². The quantitative estimate of drug-likeness (QED) is 0.118. The zero-order valence-electron chi connectivity index (χ0n) is 18.8. The Hall–Kier alpha value is -1.87. The predicted octanol–water partition coefficient (Wildman–Crippen LogP) is 6.45. The number of carbonyl (C=O) groups excluding carboxylic acids is 1. The Kier molecular flexibility index (Phi) is 11.0. The molecular formula is C17H16F17NO3S. The first-order valence-corrected chi connectivity index (χ1v) is 10.9. The van der Waals surface area contributed by atoms with E-state index in [1.54, 1.807) is 0 Å². The summed E-state index contributed by atoms with van der Waals surface area (Å²) in [7, 11) is -4.96. The highest BCUT2D eigenvalue weighted by atomic mass is 32.2. The fraction of sp³-hybridized carbons (Fsp3) is 0.824. The smallest absolute Gasteiger partial charge is 0.460 e. The highest BCUT2D eigenvalue weighted by Gasteiger charge is 2.95. The molecule has 0 amide bonds. The van der Waals surface area contributed by atoms with Gasteiger partial charge in [0.1, 0.15) is 6.61 Å². The molecule has 0 aliphatic heterocycles. The second kappa shape index (κ2) is 11.6. The van der Waals surface area contributed by atoms with Gasteiger partial charge in [0.25, 0.3) is 0 Å².